The van der Waals surface area contributed by atoms with Crippen molar-refractivity contribution in [2.24, 2.45) is 11.8 Å². The maximum Gasteiger partial charge on any atom is 0.312 e. The van der Waals surface area contributed by atoms with Gasteiger partial charge < -0.3 is 14.4 Å². The number of amides is 1. The Hall–Kier alpha value is -1.36. The number of ether oxygens (including phenoxy) is 2. The van der Waals surface area contributed by atoms with Crippen LogP contribution in [0.3, 0.4) is 0 Å². The zero-order valence-corrected chi connectivity index (χ0v) is 12.7. The van der Waals surface area contributed by atoms with Gasteiger partial charge in [0.25, 0.3) is 0 Å². The Kier molecular flexibility index (Phi) is 3.78. The molecule has 4 atom stereocenters. The lowest BCUT2D eigenvalue weighted by Gasteiger charge is -2.22. The normalized spacial score (nSPS) is 36.4. The minimum atomic E-state index is -0.592. The van der Waals surface area contributed by atoms with Gasteiger partial charge in [0.2, 0.25) is 5.91 Å². The molecule has 2 bridgehead atoms. The number of unbranched alkanes of at least 4 members (excludes halogenated alkanes) is 1. The highest BCUT2D eigenvalue weighted by atomic mass is 16.6. The maximum atomic E-state index is 12.7. The van der Waals surface area contributed by atoms with Gasteiger partial charge in [-0.25, -0.2) is 0 Å². The third kappa shape index (κ3) is 2.18. The van der Waals surface area contributed by atoms with Gasteiger partial charge >= 0.3 is 5.97 Å². The lowest BCUT2D eigenvalue weighted by atomic mass is 9.77. The zero-order chi connectivity index (χ0) is 15.0. The summed E-state index contributed by atoms with van der Waals surface area (Å²) in [5.74, 6) is -1.10. The Morgan fingerprint density at radius 2 is 2.29 bits per heavy atom. The fourth-order valence-corrected chi connectivity index (χ4v) is 3.68. The highest BCUT2D eigenvalue weighted by molar-refractivity contribution is 5.91. The number of hydrogen-bond acceptors (Lipinski definition) is 4. The average molecular weight is 293 g/mol. The predicted molar refractivity (Wildman–Crippen MR) is 76.5 cm³/mol. The standard InChI is InChI=1S/C16H23NO4/c1-3-5-8-17-10-16-7-6-11(21-16)12(13(16)14(17)18)15(19)20-9-4-2/h6-7,11-13H,3-5,8-10H2,1-2H3/t11-,12?,13+,16-/m1/s1. The molecule has 0 aromatic heterocycles. The molecular formula is C16H23NO4. The van der Waals surface area contributed by atoms with Gasteiger partial charge in [-0.1, -0.05) is 32.4 Å². The van der Waals surface area contributed by atoms with Crippen LogP contribution in [0, 0.1) is 11.8 Å². The van der Waals surface area contributed by atoms with E-state index in [4.69, 9.17) is 9.47 Å². The lowest BCUT2D eigenvalue weighted by molar-refractivity contribution is -0.153. The molecule has 21 heavy (non-hydrogen) atoms. The molecular weight excluding hydrogens is 270 g/mol. The van der Waals surface area contributed by atoms with Crippen molar-refractivity contribution in [2.45, 2.75) is 44.8 Å². The summed E-state index contributed by atoms with van der Waals surface area (Å²) in [6, 6.07) is 0. The summed E-state index contributed by atoms with van der Waals surface area (Å²) in [4.78, 5) is 26.8. The van der Waals surface area contributed by atoms with Crippen molar-refractivity contribution in [1.82, 2.24) is 4.90 Å². The van der Waals surface area contributed by atoms with Crippen molar-refractivity contribution >= 4 is 11.9 Å². The van der Waals surface area contributed by atoms with E-state index in [1.807, 2.05) is 24.0 Å². The van der Waals surface area contributed by atoms with Crippen LogP contribution < -0.4 is 0 Å². The summed E-state index contributed by atoms with van der Waals surface area (Å²) in [5.41, 5.74) is -0.592. The van der Waals surface area contributed by atoms with E-state index in [1.165, 1.54) is 0 Å². The first-order valence-electron chi connectivity index (χ1n) is 7.95. The summed E-state index contributed by atoms with van der Waals surface area (Å²) in [7, 11) is 0. The Morgan fingerprint density at radius 1 is 1.48 bits per heavy atom. The van der Waals surface area contributed by atoms with Gasteiger partial charge in [0.15, 0.2) is 0 Å². The molecule has 3 heterocycles. The molecule has 1 unspecified atom stereocenters. The number of fused-ring (bicyclic) bond motifs is 1. The van der Waals surface area contributed by atoms with E-state index in [-0.39, 0.29) is 18.0 Å². The number of likely N-dealkylation sites (tertiary alicyclic amines) is 1. The second-order valence-electron chi connectivity index (χ2n) is 6.18. The van der Waals surface area contributed by atoms with Crippen molar-refractivity contribution in [1.29, 1.82) is 0 Å². The Morgan fingerprint density at radius 3 is 3.00 bits per heavy atom. The van der Waals surface area contributed by atoms with Crippen molar-refractivity contribution in [3.8, 4) is 0 Å². The lowest BCUT2D eigenvalue weighted by Crippen LogP contribution is -2.40. The molecule has 0 N–H and O–H groups in total. The number of carbonyl (C=O) groups is 2. The minimum Gasteiger partial charge on any atom is -0.465 e. The first-order valence-corrected chi connectivity index (χ1v) is 7.95. The fraction of sp³-hybridized carbons (Fsp3) is 0.750. The van der Waals surface area contributed by atoms with Crippen molar-refractivity contribution in [2.75, 3.05) is 19.7 Å². The van der Waals surface area contributed by atoms with Gasteiger partial charge in [-0.2, -0.15) is 0 Å². The monoisotopic (exact) mass is 293 g/mol. The van der Waals surface area contributed by atoms with Crippen LogP contribution >= 0.6 is 0 Å². The summed E-state index contributed by atoms with van der Waals surface area (Å²) >= 11 is 0. The molecule has 2 fully saturated rings. The zero-order valence-electron chi connectivity index (χ0n) is 12.7. The van der Waals surface area contributed by atoms with Gasteiger partial charge in [0.1, 0.15) is 11.5 Å². The Bertz CT molecular complexity index is 475. The number of nitrogens with zero attached hydrogens (tertiary/aromatic N) is 1. The topological polar surface area (TPSA) is 55.8 Å². The van der Waals surface area contributed by atoms with E-state index in [0.717, 1.165) is 25.8 Å². The molecule has 0 radical (unpaired) electrons. The van der Waals surface area contributed by atoms with Gasteiger partial charge in [-0.05, 0) is 12.8 Å². The molecule has 1 amide bonds. The van der Waals surface area contributed by atoms with E-state index < -0.39 is 17.4 Å². The second-order valence-corrected chi connectivity index (χ2v) is 6.18. The van der Waals surface area contributed by atoms with E-state index in [0.29, 0.717) is 13.2 Å². The van der Waals surface area contributed by atoms with Gasteiger partial charge in [-0.15, -0.1) is 0 Å². The average Bonchev–Trinajstić information content (AvgIpc) is 3.11. The quantitative estimate of drug-likeness (QED) is 0.550. The molecule has 0 aromatic carbocycles. The molecule has 116 valence electrons. The number of hydrogen-bond donors (Lipinski definition) is 0. The highest BCUT2D eigenvalue weighted by Gasteiger charge is 2.67. The van der Waals surface area contributed by atoms with Gasteiger partial charge in [0, 0.05) is 6.54 Å². The molecule has 1 spiro atoms. The van der Waals surface area contributed by atoms with E-state index in [2.05, 4.69) is 6.92 Å². The summed E-state index contributed by atoms with van der Waals surface area (Å²) < 4.78 is 11.3. The van der Waals surface area contributed by atoms with Gasteiger partial charge in [-0.3, -0.25) is 9.59 Å². The van der Waals surface area contributed by atoms with E-state index >= 15 is 0 Å². The Labute approximate surface area is 125 Å². The summed E-state index contributed by atoms with van der Waals surface area (Å²) in [5, 5.41) is 0. The van der Waals surface area contributed by atoms with Gasteiger partial charge in [0.05, 0.1) is 25.2 Å². The predicted octanol–water partition coefficient (Wildman–Crippen LogP) is 1.52. The van der Waals surface area contributed by atoms with Crippen LogP contribution in [0.2, 0.25) is 0 Å². The number of rotatable bonds is 6. The number of carbonyl (C=O) groups excluding carboxylic acids is 2. The number of esters is 1. The summed E-state index contributed by atoms with van der Waals surface area (Å²) in [6.07, 6.45) is 6.42. The van der Waals surface area contributed by atoms with Crippen molar-refractivity contribution < 1.29 is 19.1 Å². The molecule has 2 saturated heterocycles. The van der Waals surface area contributed by atoms with Crippen LogP contribution in [0.15, 0.2) is 12.2 Å². The van der Waals surface area contributed by atoms with Crippen LogP contribution in [-0.4, -0.2) is 48.2 Å². The van der Waals surface area contributed by atoms with E-state index in [1.54, 1.807) is 0 Å². The molecule has 0 saturated carbocycles. The first-order chi connectivity index (χ1) is 10.1. The molecule has 0 aliphatic carbocycles. The minimum absolute atomic E-state index is 0.0498. The molecule has 5 heteroatoms. The van der Waals surface area contributed by atoms with Crippen LogP contribution in [-0.2, 0) is 19.1 Å². The van der Waals surface area contributed by atoms with Crippen LogP contribution in [0.5, 0.6) is 0 Å². The second kappa shape index (κ2) is 5.44. The Balaban J connectivity index is 1.78. The molecule has 3 aliphatic rings. The third-order valence-electron chi connectivity index (χ3n) is 4.68. The highest BCUT2D eigenvalue weighted by Crippen LogP contribution is 2.52. The van der Waals surface area contributed by atoms with Crippen LogP contribution in [0.1, 0.15) is 33.1 Å². The SMILES string of the molecule is CCCCN1C[C@@]23C=C[C@@H](O2)C(C(=O)OCCC)[C@H]3C1=O. The maximum absolute atomic E-state index is 12.7. The van der Waals surface area contributed by atoms with E-state index in [9.17, 15) is 9.59 Å². The largest absolute Gasteiger partial charge is 0.465 e. The first kappa shape index (κ1) is 14.6. The summed E-state index contributed by atoms with van der Waals surface area (Å²) in [6.45, 7) is 5.78. The fourth-order valence-electron chi connectivity index (χ4n) is 3.68. The van der Waals surface area contributed by atoms with Crippen LogP contribution in [0.25, 0.3) is 0 Å². The molecule has 0 aromatic rings. The van der Waals surface area contributed by atoms with Crippen molar-refractivity contribution in [3.05, 3.63) is 12.2 Å². The molecule has 5 nitrogen and oxygen atoms in total. The third-order valence-corrected chi connectivity index (χ3v) is 4.68. The molecule has 3 aliphatic heterocycles. The smallest absolute Gasteiger partial charge is 0.312 e. The van der Waals surface area contributed by atoms with Crippen molar-refractivity contribution in [3.63, 3.8) is 0 Å². The molecule has 3 rings (SSSR count). The van der Waals surface area contributed by atoms with Crippen LogP contribution in [0.4, 0.5) is 0 Å².